The van der Waals surface area contributed by atoms with Crippen LogP contribution in [0.2, 0.25) is 0 Å². The summed E-state index contributed by atoms with van der Waals surface area (Å²) in [6.07, 6.45) is 3.20. The van der Waals surface area contributed by atoms with Crippen molar-refractivity contribution in [3.05, 3.63) is 48.0 Å². The first-order valence-corrected chi connectivity index (χ1v) is 16.0. The summed E-state index contributed by atoms with van der Waals surface area (Å²) in [6, 6.07) is 8.64. The summed E-state index contributed by atoms with van der Waals surface area (Å²) in [7, 11) is -0.466. The van der Waals surface area contributed by atoms with Gasteiger partial charge in [0.1, 0.15) is 17.5 Å². The van der Waals surface area contributed by atoms with Gasteiger partial charge in [0.2, 0.25) is 10.0 Å². The number of alkyl halides is 2. The van der Waals surface area contributed by atoms with E-state index in [0.717, 1.165) is 36.2 Å². The van der Waals surface area contributed by atoms with Crippen LogP contribution in [0.25, 0.3) is 22.4 Å². The van der Waals surface area contributed by atoms with Gasteiger partial charge in [-0.3, -0.25) is 18.3 Å². The first-order valence-electron chi connectivity index (χ1n) is 14.2. The second kappa shape index (κ2) is 11.3. The van der Waals surface area contributed by atoms with E-state index in [-0.39, 0.29) is 29.3 Å². The summed E-state index contributed by atoms with van der Waals surface area (Å²) in [5.74, 6) is -0.433. The number of Topliss-reactive ketones (excluding diaryl/α,β-unsaturated/α-hetero) is 1. The molecule has 1 saturated heterocycles. The number of rotatable bonds is 10. The molecule has 0 radical (unpaired) electrons. The van der Waals surface area contributed by atoms with Crippen molar-refractivity contribution in [3.8, 4) is 11.3 Å². The number of aryl methyl sites for hydroxylation is 1. The van der Waals surface area contributed by atoms with E-state index in [1.807, 2.05) is 6.07 Å². The van der Waals surface area contributed by atoms with E-state index in [1.54, 1.807) is 42.2 Å². The molecule has 4 heterocycles. The maximum atomic E-state index is 14.4. The van der Waals surface area contributed by atoms with Crippen molar-refractivity contribution in [1.82, 2.24) is 24.3 Å². The Kier molecular flexibility index (Phi) is 7.67. The second-order valence-electron chi connectivity index (χ2n) is 11.2. The number of hydrogen-bond donors (Lipinski definition) is 1. The van der Waals surface area contributed by atoms with Crippen LogP contribution in [0.5, 0.6) is 0 Å². The summed E-state index contributed by atoms with van der Waals surface area (Å²) in [4.78, 5) is 21.8. The summed E-state index contributed by atoms with van der Waals surface area (Å²) >= 11 is 0. The number of fused-ring (bicyclic) bond motifs is 1. The Morgan fingerprint density at radius 1 is 1.14 bits per heavy atom. The molecular weight excluding hydrogens is 580 g/mol. The Bertz CT molecular complexity index is 1790. The number of pyridine rings is 1. The Balaban J connectivity index is 1.50. The van der Waals surface area contributed by atoms with Crippen molar-refractivity contribution >= 4 is 44.0 Å². The van der Waals surface area contributed by atoms with Crippen molar-refractivity contribution < 1.29 is 26.7 Å². The number of carbonyl (C=O) groups is 1. The molecule has 0 amide bonds. The number of halogens is 2. The molecule has 228 valence electrons. The fourth-order valence-electron chi connectivity index (χ4n) is 5.36. The van der Waals surface area contributed by atoms with Crippen LogP contribution < -0.4 is 9.62 Å². The highest BCUT2D eigenvalue weighted by Crippen LogP contribution is 2.39. The lowest BCUT2D eigenvalue weighted by atomic mass is 10.1. The summed E-state index contributed by atoms with van der Waals surface area (Å²) in [5.41, 5.74) is 3.14. The Morgan fingerprint density at radius 3 is 2.56 bits per heavy atom. The first kappa shape index (κ1) is 29.2. The van der Waals surface area contributed by atoms with Gasteiger partial charge in [-0.25, -0.2) is 27.2 Å². The second-order valence-corrected chi connectivity index (χ2v) is 13.2. The van der Waals surface area contributed by atoms with Gasteiger partial charge in [-0.15, -0.1) is 0 Å². The predicted molar refractivity (Wildman–Crippen MR) is 158 cm³/mol. The molecule has 14 heteroatoms. The van der Waals surface area contributed by atoms with Crippen LogP contribution in [0.3, 0.4) is 0 Å². The van der Waals surface area contributed by atoms with Gasteiger partial charge in [-0.1, -0.05) is 6.07 Å². The van der Waals surface area contributed by atoms with Crippen molar-refractivity contribution in [2.75, 3.05) is 29.5 Å². The number of benzene rings is 1. The molecule has 6 rings (SSSR count). The quantitative estimate of drug-likeness (QED) is 0.261. The highest BCUT2D eigenvalue weighted by molar-refractivity contribution is 7.92. The highest BCUT2D eigenvalue weighted by atomic mass is 32.2. The zero-order valence-corrected chi connectivity index (χ0v) is 24.9. The first-order chi connectivity index (χ1) is 20.5. The normalized spacial score (nSPS) is 17.5. The van der Waals surface area contributed by atoms with Crippen molar-refractivity contribution in [2.45, 2.75) is 51.2 Å². The SMILES string of the molecule is CN(c1cc(-c2ccn(C)n2)ccc1Nc1cc(CC(=O)C2CC2)nc2c1nc(C(F)F)n2C1CCCCO1)S(C)(=O)=O. The summed E-state index contributed by atoms with van der Waals surface area (Å²) < 4.78 is 64.1. The Hall–Kier alpha value is -3.91. The molecule has 4 aromatic rings. The monoisotopic (exact) mass is 613 g/mol. The fraction of sp³-hybridized carbons (Fsp3) is 0.448. The Labute approximate surface area is 247 Å². The third kappa shape index (κ3) is 5.98. The van der Waals surface area contributed by atoms with Crippen LogP contribution >= 0.6 is 0 Å². The van der Waals surface area contributed by atoms with E-state index < -0.39 is 28.5 Å². The molecule has 1 unspecified atom stereocenters. The van der Waals surface area contributed by atoms with Gasteiger partial charge in [0.05, 0.1) is 34.7 Å². The lowest BCUT2D eigenvalue weighted by Gasteiger charge is -2.25. The van der Waals surface area contributed by atoms with E-state index in [4.69, 9.17) is 4.74 Å². The van der Waals surface area contributed by atoms with Crippen LogP contribution in [0.4, 0.5) is 25.8 Å². The predicted octanol–water partition coefficient (Wildman–Crippen LogP) is 5.13. The number of ether oxygens (including phenoxy) is 1. The molecule has 43 heavy (non-hydrogen) atoms. The van der Waals surface area contributed by atoms with Gasteiger partial charge >= 0.3 is 0 Å². The van der Waals surface area contributed by atoms with Crippen molar-refractivity contribution in [1.29, 1.82) is 0 Å². The number of sulfonamides is 1. The zero-order chi connectivity index (χ0) is 30.5. The van der Waals surface area contributed by atoms with Crippen LogP contribution in [0.1, 0.15) is 56.3 Å². The third-order valence-corrected chi connectivity index (χ3v) is 9.06. The molecule has 1 aromatic carbocycles. The fourth-order valence-corrected chi connectivity index (χ4v) is 5.87. The number of anilines is 3. The topological polar surface area (TPSA) is 124 Å². The summed E-state index contributed by atoms with van der Waals surface area (Å²) in [6.45, 7) is 0.432. The lowest BCUT2D eigenvalue weighted by Crippen LogP contribution is -2.25. The van der Waals surface area contributed by atoms with E-state index >= 15 is 0 Å². The van der Waals surface area contributed by atoms with Crippen LogP contribution in [0, 0.1) is 5.92 Å². The van der Waals surface area contributed by atoms with Gasteiger partial charge in [0.15, 0.2) is 11.5 Å². The number of carbonyl (C=O) groups excluding carboxylic acids is 1. The molecule has 3 aromatic heterocycles. The number of imidazole rings is 1. The molecule has 2 fully saturated rings. The average molecular weight is 614 g/mol. The molecule has 1 atom stereocenters. The molecule has 0 bridgehead atoms. The van der Waals surface area contributed by atoms with Crippen molar-refractivity contribution in [3.63, 3.8) is 0 Å². The molecular formula is C29H33F2N7O4S. The maximum absolute atomic E-state index is 14.4. The number of ketones is 1. The maximum Gasteiger partial charge on any atom is 0.295 e. The minimum absolute atomic E-state index is 0.00808. The van der Waals surface area contributed by atoms with Crippen molar-refractivity contribution in [2.24, 2.45) is 13.0 Å². The number of nitrogens with zero attached hydrogens (tertiary/aromatic N) is 6. The molecule has 1 aliphatic heterocycles. The number of nitrogens with one attached hydrogen (secondary N) is 1. The van der Waals surface area contributed by atoms with Gasteiger partial charge in [-0.2, -0.15) is 5.10 Å². The minimum atomic E-state index is -3.69. The lowest BCUT2D eigenvalue weighted by molar-refractivity contribution is -0.119. The zero-order valence-electron chi connectivity index (χ0n) is 24.1. The number of hydrogen-bond acceptors (Lipinski definition) is 8. The van der Waals surface area contributed by atoms with Crippen LogP contribution in [-0.2, 0) is 33.0 Å². The average Bonchev–Trinajstić information content (AvgIpc) is 3.62. The van der Waals surface area contributed by atoms with Gasteiger partial charge in [0, 0.05) is 44.8 Å². The van der Waals surface area contributed by atoms with Gasteiger partial charge in [0.25, 0.3) is 6.43 Å². The summed E-state index contributed by atoms with van der Waals surface area (Å²) in [5, 5.41) is 7.67. The standard InChI is InChI=1S/C29H33F2N7O4S/c1-36-12-11-20(35-36)18-9-10-21(23(14-18)37(2)43(3,40)41)33-22-15-19(16-24(39)17-7-8-17)32-28-26(22)34-29(27(30)31)38(28)25-6-4-5-13-42-25/h9-12,14-15,17,25,27H,4-8,13,16H2,1-3H3,(H,32,33). The largest absolute Gasteiger partial charge is 0.358 e. The number of aromatic nitrogens is 5. The van der Waals surface area contributed by atoms with Crippen LogP contribution in [0.15, 0.2) is 36.5 Å². The van der Waals surface area contributed by atoms with Crippen LogP contribution in [-0.4, -0.2) is 58.4 Å². The molecule has 1 saturated carbocycles. The molecule has 2 aliphatic rings. The highest BCUT2D eigenvalue weighted by Gasteiger charge is 2.32. The molecule has 1 N–H and O–H groups in total. The third-order valence-electron chi connectivity index (χ3n) is 7.87. The van der Waals surface area contributed by atoms with E-state index in [0.29, 0.717) is 47.0 Å². The minimum Gasteiger partial charge on any atom is -0.358 e. The van der Waals surface area contributed by atoms with Gasteiger partial charge < -0.3 is 10.1 Å². The molecule has 1 aliphatic carbocycles. The van der Waals surface area contributed by atoms with E-state index in [2.05, 4.69) is 20.4 Å². The van der Waals surface area contributed by atoms with E-state index in [1.165, 1.54) is 11.6 Å². The van der Waals surface area contributed by atoms with Gasteiger partial charge in [-0.05, 0) is 56.4 Å². The molecule has 11 nitrogen and oxygen atoms in total. The Morgan fingerprint density at radius 2 is 1.93 bits per heavy atom. The smallest absolute Gasteiger partial charge is 0.295 e. The van der Waals surface area contributed by atoms with E-state index in [9.17, 15) is 22.0 Å². The molecule has 0 spiro atoms.